The Morgan fingerprint density at radius 1 is 1.26 bits per heavy atom. The Kier molecular flexibility index (Phi) is 6.53. The molecule has 124 valence electrons. The van der Waals surface area contributed by atoms with Gasteiger partial charge in [0.15, 0.2) is 5.96 Å². The number of H-pyrrole nitrogens is 1. The Balaban J connectivity index is 1.82. The molecule has 0 unspecified atom stereocenters. The molecule has 0 atom stereocenters. The molecule has 0 amide bonds. The van der Waals surface area contributed by atoms with E-state index in [0.717, 1.165) is 22.7 Å². The van der Waals surface area contributed by atoms with Crippen LogP contribution in [0.25, 0.3) is 0 Å². The molecule has 0 aliphatic carbocycles. The van der Waals surface area contributed by atoms with Crippen molar-refractivity contribution in [3.05, 3.63) is 46.7 Å². The lowest BCUT2D eigenvalue weighted by Gasteiger charge is -2.25. The number of nitrogens with one attached hydrogen (secondary N) is 3. The molecule has 1 aromatic heterocycles. The van der Waals surface area contributed by atoms with Gasteiger partial charge in [-0.05, 0) is 44.2 Å². The third-order valence-corrected chi connectivity index (χ3v) is 4.85. The van der Waals surface area contributed by atoms with Crippen molar-refractivity contribution in [2.45, 2.75) is 30.0 Å². The second kappa shape index (κ2) is 8.40. The van der Waals surface area contributed by atoms with Crippen LogP contribution in [0.2, 0.25) is 0 Å². The molecule has 7 heteroatoms. The van der Waals surface area contributed by atoms with Crippen molar-refractivity contribution in [3.63, 3.8) is 0 Å². The third kappa shape index (κ3) is 6.27. The molecule has 0 aliphatic rings. The third-order valence-electron chi connectivity index (χ3n) is 3.12. The normalized spacial score (nSPS) is 12.3. The zero-order valence-electron chi connectivity index (χ0n) is 13.6. The molecule has 1 aromatic carbocycles. The molecule has 23 heavy (non-hydrogen) atoms. The van der Waals surface area contributed by atoms with Crippen LogP contribution in [0.1, 0.15) is 19.5 Å². The molecule has 0 radical (unpaired) electrons. The fourth-order valence-electron chi connectivity index (χ4n) is 1.94. The summed E-state index contributed by atoms with van der Waals surface area (Å²) in [6.45, 7) is 5.90. The van der Waals surface area contributed by atoms with Crippen LogP contribution in [0.3, 0.4) is 0 Å². The monoisotopic (exact) mass is 395 g/mol. The quantitative estimate of drug-likeness (QED) is 0.398. The van der Waals surface area contributed by atoms with Crippen LogP contribution in [0, 0.1) is 0 Å². The second-order valence-electron chi connectivity index (χ2n) is 5.68. The van der Waals surface area contributed by atoms with E-state index < -0.39 is 0 Å². The predicted octanol–water partition coefficient (Wildman–Crippen LogP) is 3.41. The number of benzene rings is 1. The van der Waals surface area contributed by atoms with Gasteiger partial charge >= 0.3 is 0 Å². The lowest BCUT2D eigenvalue weighted by Crippen LogP contribution is -2.43. The van der Waals surface area contributed by atoms with Crippen LogP contribution in [0.15, 0.2) is 50.9 Å². The summed E-state index contributed by atoms with van der Waals surface area (Å²) >= 11 is 5.31. The van der Waals surface area contributed by atoms with Gasteiger partial charge in [-0.25, -0.2) is 0 Å². The molecule has 2 aromatic rings. The van der Waals surface area contributed by atoms with Gasteiger partial charge in [-0.2, -0.15) is 5.10 Å². The maximum Gasteiger partial charge on any atom is 0.191 e. The molecule has 3 N–H and O–H groups in total. The number of thioether (sulfide) groups is 1. The molecule has 1 heterocycles. The fourth-order valence-corrected chi connectivity index (χ4v) is 3.26. The van der Waals surface area contributed by atoms with Gasteiger partial charge in [-0.1, -0.05) is 15.9 Å². The van der Waals surface area contributed by atoms with E-state index in [-0.39, 0.29) is 4.75 Å². The topological polar surface area (TPSA) is 65.1 Å². The van der Waals surface area contributed by atoms with E-state index in [1.54, 1.807) is 13.2 Å². The summed E-state index contributed by atoms with van der Waals surface area (Å²) in [6.07, 6.45) is 1.74. The number of halogens is 1. The Bertz CT molecular complexity index is 622. The average molecular weight is 396 g/mol. The smallest absolute Gasteiger partial charge is 0.191 e. The maximum absolute atomic E-state index is 4.25. The minimum atomic E-state index is 0.0411. The van der Waals surface area contributed by atoms with Crippen LogP contribution < -0.4 is 10.6 Å². The van der Waals surface area contributed by atoms with Gasteiger partial charge in [0.2, 0.25) is 0 Å². The van der Waals surface area contributed by atoms with Crippen molar-refractivity contribution in [2.24, 2.45) is 4.99 Å². The Labute approximate surface area is 149 Å². The highest BCUT2D eigenvalue weighted by atomic mass is 79.9. The van der Waals surface area contributed by atoms with E-state index in [1.165, 1.54) is 4.90 Å². The predicted molar refractivity (Wildman–Crippen MR) is 101 cm³/mol. The first kappa shape index (κ1) is 17.9. The van der Waals surface area contributed by atoms with Gasteiger partial charge in [0.1, 0.15) is 0 Å². The number of nitrogens with zero attached hydrogens (tertiary/aromatic N) is 2. The lowest BCUT2D eigenvalue weighted by atomic mass is 10.2. The van der Waals surface area contributed by atoms with Crippen molar-refractivity contribution < 1.29 is 0 Å². The average Bonchev–Trinajstić information content (AvgIpc) is 3.03. The van der Waals surface area contributed by atoms with E-state index in [1.807, 2.05) is 17.8 Å². The largest absolute Gasteiger partial charge is 0.355 e. The standard InChI is InChI=1S/C16H22BrN5S/c1-16(2,23-14-6-4-12(17)5-7-14)11-20-15(18-3)19-10-13-8-9-21-22-13/h4-9H,10-11H2,1-3H3,(H,21,22)(H2,18,19,20). The minimum absolute atomic E-state index is 0.0411. The van der Waals surface area contributed by atoms with Gasteiger partial charge in [0, 0.05) is 33.9 Å². The van der Waals surface area contributed by atoms with Crippen LogP contribution >= 0.6 is 27.7 Å². The molecule has 0 saturated heterocycles. The molecular weight excluding hydrogens is 374 g/mol. The molecule has 0 saturated carbocycles. The lowest BCUT2D eigenvalue weighted by molar-refractivity contribution is 0.661. The summed E-state index contributed by atoms with van der Waals surface area (Å²) in [5.41, 5.74) is 1.02. The van der Waals surface area contributed by atoms with Crippen molar-refractivity contribution in [1.29, 1.82) is 0 Å². The number of rotatable bonds is 6. The number of aliphatic imine (C=N–C) groups is 1. The van der Waals surface area contributed by atoms with Crippen LogP contribution in [0.5, 0.6) is 0 Å². The summed E-state index contributed by atoms with van der Waals surface area (Å²) in [6, 6.07) is 10.3. The van der Waals surface area contributed by atoms with Crippen molar-refractivity contribution in [2.75, 3.05) is 13.6 Å². The summed E-state index contributed by atoms with van der Waals surface area (Å²) in [7, 11) is 1.77. The molecule has 5 nitrogen and oxygen atoms in total. The summed E-state index contributed by atoms with van der Waals surface area (Å²) in [5.74, 6) is 0.782. The first-order valence-electron chi connectivity index (χ1n) is 7.36. The number of guanidine groups is 1. The molecule has 0 bridgehead atoms. The first-order valence-corrected chi connectivity index (χ1v) is 8.97. The summed E-state index contributed by atoms with van der Waals surface area (Å²) in [4.78, 5) is 5.50. The number of hydrogen-bond acceptors (Lipinski definition) is 3. The number of hydrogen-bond donors (Lipinski definition) is 3. The molecule has 2 rings (SSSR count). The van der Waals surface area contributed by atoms with E-state index in [2.05, 4.69) is 79.9 Å². The number of aromatic amines is 1. The van der Waals surface area contributed by atoms with Gasteiger partial charge in [-0.3, -0.25) is 10.1 Å². The van der Waals surface area contributed by atoms with Gasteiger partial charge < -0.3 is 10.6 Å². The summed E-state index contributed by atoms with van der Waals surface area (Å²) < 4.78 is 1.14. The molecule has 0 fully saturated rings. The Morgan fingerprint density at radius 2 is 2.00 bits per heavy atom. The Morgan fingerprint density at radius 3 is 2.61 bits per heavy atom. The maximum atomic E-state index is 4.25. The van der Waals surface area contributed by atoms with Crippen LogP contribution in [-0.2, 0) is 6.54 Å². The van der Waals surface area contributed by atoms with Gasteiger partial charge in [-0.15, -0.1) is 11.8 Å². The second-order valence-corrected chi connectivity index (χ2v) is 8.37. The molecule has 0 aliphatic heterocycles. The van der Waals surface area contributed by atoms with E-state index >= 15 is 0 Å². The molecule has 0 spiro atoms. The Hall–Kier alpha value is -1.47. The van der Waals surface area contributed by atoms with Gasteiger partial charge in [0.05, 0.1) is 12.2 Å². The fraction of sp³-hybridized carbons (Fsp3) is 0.375. The van der Waals surface area contributed by atoms with E-state index in [4.69, 9.17) is 0 Å². The number of aromatic nitrogens is 2. The highest BCUT2D eigenvalue weighted by Gasteiger charge is 2.20. The van der Waals surface area contributed by atoms with Crippen molar-refractivity contribution in [1.82, 2.24) is 20.8 Å². The zero-order valence-corrected chi connectivity index (χ0v) is 16.0. The molecular formula is C16H22BrN5S. The van der Waals surface area contributed by atoms with Crippen molar-refractivity contribution >= 4 is 33.7 Å². The minimum Gasteiger partial charge on any atom is -0.355 e. The highest BCUT2D eigenvalue weighted by molar-refractivity contribution is 9.10. The first-order chi connectivity index (χ1) is 11.0. The zero-order chi connectivity index (χ0) is 16.7. The van der Waals surface area contributed by atoms with Crippen LogP contribution in [0.4, 0.5) is 0 Å². The highest BCUT2D eigenvalue weighted by Crippen LogP contribution is 2.32. The van der Waals surface area contributed by atoms with E-state index in [9.17, 15) is 0 Å². The summed E-state index contributed by atoms with van der Waals surface area (Å²) in [5, 5.41) is 13.5. The van der Waals surface area contributed by atoms with Crippen LogP contribution in [-0.4, -0.2) is 34.5 Å². The van der Waals surface area contributed by atoms with Gasteiger partial charge in [0.25, 0.3) is 0 Å². The van der Waals surface area contributed by atoms with E-state index in [0.29, 0.717) is 6.54 Å². The van der Waals surface area contributed by atoms with Crippen molar-refractivity contribution in [3.8, 4) is 0 Å². The SMILES string of the molecule is CN=C(NCc1ccn[nH]1)NCC(C)(C)Sc1ccc(Br)cc1.